The zero-order valence-electron chi connectivity index (χ0n) is 19.8. The Morgan fingerprint density at radius 2 is 1.86 bits per heavy atom. The van der Waals surface area contributed by atoms with Gasteiger partial charge in [0, 0.05) is 50.2 Å². The minimum atomic E-state index is -3.69. The topological polar surface area (TPSA) is 86.5 Å². The van der Waals surface area contributed by atoms with E-state index in [0.717, 1.165) is 55.6 Å². The molecule has 2 unspecified atom stereocenters. The third-order valence-electron chi connectivity index (χ3n) is 6.99. The molecule has 1 aliphatic heterocycles. The molecule has 1 saturated heterocycles. The molecule has 1 aromatic heterocycles. The molecule has 5 rings (SSSR count). The first-order valence-corrected chi connectivity index (χ1v) is 13.9. The largest absolute Gasteiger partial charge is 0.494 e. The van der Waals surface area contributed by atoms with Gasteiger partial charge < -0.3 is 19.9 Å². The standard InChI is InChI=1S/C26H33FN4O3S/c27-24-17-19(16-23-22-4-1-2-5-25(22)30-26(23)24)18-29-35(32,33)21-8-6-20(7-9-21)34-15-3-12-31-13-10-28-11-14-31/h1-2,4-9,19,24,28-30H,3,10-18H2. The van der Waals surface area contributed by atoms with Gasteiger partial charge in [-0.1, -0.05) is 18.2 Å². The van der Waals surface area contributed by atoms with E-state index in [1.54, 1.807) is 24.3 Å². The SMILES string of the molecule is O=S(=O)(NCC1Cc2c([nH]c3ccccc23)C(F)C1)c1ccc(OCCCN2CCNCC2)cc1. The van der Waals surface area contributed by atoms with E-state index in [0.29, 0.717) is 30.9 Å². The van der Waals surface area contributed by atoms with Gasteiger partial charge >= 0.3 is 0 Å². The summed E-state index contributed by atoms with van der Waals surface area (Å²) in [7, 11) is -3.69. The molecule has 0 radical (unpaired) electrons. The molecule has 0 bridgehead atoms. The number of hydrogen-bond donors (Lipinski definition) is 3. The van der Waals surface area contributed by atoms with Crippen molar-refractivity contribution in [1.29, 1.82) is 0 Å². The number of alkyl halides is 1. The Balaban J connectivity index is 1.13. The summed E-state index contributed by atoms with van der Waals surface area (Å²) in [4.78, 5) is 5.79. The van der Waals surface area contributed by atoms with Crippen molar-refractivity contribution in [2.75, 3.05) is 45.9 Å². The van der Waals surface area contributed by atoms with Gasteiger partial charge in [0.25, 0.3) is 0 Å². The van der Waals surface area contributed by atoms with Gasteiger partial charge in [0.1, 0.15) is 11.9 Å². The monoisotopic (exact) mass is 500 g/mol. The number of nitrogens with zero attached hydrogens (tertiary/aromatic N) is 1. The first-order valence-electron chi connectivity index (χ1n) is 12.4. The van der Waals surface area contributed by atoms with Crippen LogP contribution in [0.5, 0.6) is 5.75 Å². The fourth-order valence-electron chi connectivity index (χ4n) is 5.09. The lowest BCUT2D eigenvalue weighted by molar-refractivity contribution is 0.214. The summed E-state index contributed by atoms with van der Waals surface area (Å²) in [6, 6.07) is 14.3. The molecule has 2 atom stereocenters. The predicted octanol–water partition coefficient (Wildman–Crippen LogP) is 3.39. The fraction of sp³-hybridized carbons (Fsp3) is 0.462. The van der Waals surface area contributed by atoms with Crippen molar-refractivity contribution in [2.45, 2.75) is 30.3 Å². The lowest BCUT2D eigenvalue weighted by Gasteiger charge is -2.26. The number of hydrogen-bond acceptors (Lipinski definition) is 5. The van der Waals surface area contributed by atoms with Crippen LogP contribution in [0.15, 0.2) is 53.4 Å². The van der Waals surface area contributed by atoms with Gasteiger partial charge in [-0.2, -0.15) is 0 Å². The molecule has 7 nitrogen and oxygen atoms in total. The molecule has 0 saturated carbocycles. The maximum Gasteiger partial charge on any atom is 0.240 e. The van der Waals surface area contributed by atoms with Crippen LogP contribution in [-0.2, 0) is 16.4 Å². The van der Waals surface area contributed by atoms with Gasteiger partial charge in [-0.25, -0.2) is 17.5 Å². The Labute approximate surface area is 206 Å². The second kappa shape index (κ2) is 10.7. The molecule has 2 heterocycles. The van der Waals surface area contributed by atoms with Gasteiger partial charge in [-0.3, -0.25) is 0 Å². The molecule has 1 fully saturated rings. The Kier molecular flexibility index (Phi) is 7.38. The number of H-pyrrole nitrogens is 1. The third kappa shape index (κ3) is 5.69. The lowest BCUT2D eigenvalue weighted by atomic mass is 9.85. The fourth-order valence-corrected chi connectivity index (χ4v) is 6.20. The number of fused-ring (bicyclic) bond motifs is 3. The van der Waals surface area contributed by atoms with Crippen molar-refractivity contribution >= 4 is 20.9 Å². The average Bonchev–Trinajstić information content (AvgIpc) is 3.26. The third-order valence-corrected chi connectivity index (χ3v) is 8.43. The van der Waals surface area contributed by atoms with Crippen LogP contribution in [0.3, 0.4) is 0 Å². The predicted molar refractivity (Wildman–Crippen MR) is 135 cm³/mol. The van der Waals surface area contributed by atoms with Crippen LogP contribution >= 0.6 is 0 Å². The smallest absolute Gasteiger partial charge is 0.240 e. The van der Waals surface area contributed by atoms with Crippen molar-refractivity contribution < 1.29 is 17.5 Å². The number of rotatable bonds is 9. The number of halogens is 1. The molecule has 0 spiro atoms. The molecular formula is C26H33FN4O3S. The molecule has 35 heavy (non-hydrogen) atoms. The maximum atomic E-state index is 14.9. The lowest BCUT2D eigenvalue weighted by Crippen LogP contribution is -2.43. The summed E-state index contributed by atoms with van der Waals surface area (Å²) in [6.45, 7) is 5.99. The van der Waals surface area contributed by atoms with E-state index < -0.39 is 16.2 Å². The van der Waals surface area contributed by atoms with Crippen molar-refractivity contribution in [2.24, 2.45) is 5.92 Å². The van der Waals surface area contributed by atoms with Crippen LogP contribution in [-0.4, -0.2) is 64.2 Å². The highest BCUT2D eigenvalue weighted by Crippen LogP contribution is 2.39. The first-order chi connectivity index (χ1) is 17.0. The van der Waals surface area contributed by atoms with Crippen molar-refractivity contribution in [3.8, 4) is 5.75 Å². The number of nitrogens with one attached hydrogen (secondary N) is 3. The number of aromatic amines is 1. The van der Waals surface area contributed by atoms with E-state index in [2.05, 4.69) is 19.9 Å². The Bertz CT molecular complexity index is 1240. The quantitative estimate of drug-likeness (QED) is 0.392. The van der Waals surface area contributed by atoms with E-state index in [1.165, 1.54) is 0 Å². The summed E-state index contributed by atoms with van der Waals surface area (Å²) in [6.07, 6.45) is 0.742. The van der Waals surface area contributed by atoms with E-state index >= 15 is 0 Å². The summed E-state index contributed by atoms with van der Waals surface area (Å²) >= 11 is 0. The number of benzene rings is 2. The van der Waals surface area contributed by atoms with Gasteiger partial charge in [0.15, 0.2) is 0 Å². The average molecular weight is 501 g/mol. The highest BCUT2D eigenvalue weighted by molar-refractivity contribution is 7.89. The van der Waals surface area contributed by atoms with Crippen LogP contribution < -0.4 is 14.8 Å². The van der Waals surface area contributed by atoms with Crippen LogP contribution in [0, 0.1) is 5.92 Å². The highest BCUT2D eigenvalue weighted by atomic mass is 32.2. The summed E-state index contributed by atoms with van der Waals surface area (Å²) in [5.41, 5.74) is 2.52. The summed E-state index contributed by atoms with van der Waals surface area (Å²) in [5.74, 6) is 0.549. The van der Waals surface area contributed by atoms with E-state index in [1.807, 2.05) is 24.3 Å². The molecule has 2 aromatic carbocycles. The Hall–Kier alpha value is -2.46. The molecule has 9 heteroatoms. The molecular weight excluding hydrogens is 467 g/mol. The zero-order valence-corrected chi connectivity index (χ0v) is 20.6. The normalized spacial score (nSPS) is 21.2. The van der Waals surface area contributed by atoms with Gasteiger partial charge in [-0.15, -0.1) is 0 Å². The second-order valence-corrected chi connectivity index (χ2v) is 11.2. The number of ether oxygens (including phenoxy) is 1. The maximum absolute atomic E-state index is 14.9. The van der Waals surface area contributed by atoms with Gasteiger partial charge in [0.2, 0.25) is 10.0 Å². The van der Waals surface area contributed by atoms with Crippen molar-refractivity contribution in [3.05, 3.63) is 59.8 Å². The van der Waals surface area contributed by atoms with E-state index in [9.17, 15) is 12.8 Å². The number of sulfonamides is 1. The van der Waals surface area contributed by atoms with Crippen LogP contribution in [0.25, 0.3) is 10.9 Å². The van der Waals surface area contributed by atoms with Crippen LogP contribution in [0.2, 0.25) is 0 Å². The number of piperazine rings is 1. The van der Waals surface area contributed by atoms with Crippen molar-refractivity contribution in [1.82, 2.24) is 19.9 Å². The Morgan fingerprint density at radius 3 is 2.66 bits per heavy atom. The minimum Gasteiger partial charge on any atom is -0.494 e. The van der Waals surface area contributed by atoms with Crippen molar-refractivity contribution in [3.63, 3.8) is 0 Å². The van der Waals surface area contributed by atoms with E-state index in [-0.39, 0.29) is 17.4 Å². The zero-order chi connectivity index (χ0) is 24.3. The Morgan fingerprint density at radius 1 is 1.09 bits per heavy atom. The number of aromatic nitrogens is 1. The first kappa shape index (κ1) is 24.2. The molecule has 3 aromatic rings. The summed E-state index contributed by atoms with van der Waals surface area (Å²) in [5, 5.41) is 4.36. The van der Waals surface area contributed by atoms with E-state index in [4.69, 9.17) is 4.74 Å². The van der Waals surface area contributed by atoms with Gasteiger partial charge in [-0.05, 0) is 61.1 Å². The molecule has 0 amide bonds. The van der Waals surface area contributed by atoms with Crippen LogP contribution in [0.4, 0.5) is 4.39 Å². The minimum absolute atomic E-state index is 0.107. The second-order valence-electron chi connectivity index (χ2n) is 9.45. The molecule has 1 aliphatic carbocycles. The molecule has 188 valence electrons. The highest BCUT2D eigenvalue weighted by Gasteiger charge is 2.30. The summed E-state index contributed by atoms with van der Waals surface area (Å²) < 4.78 is 49.0. The number of para-hydroxylation sites is 1. The van der Waals surface area contributed by atoms with Crippen LogP contribution in [0.1, 0.15) is 30.3 Å². The van der Waals surface area contributed by atoms with Gasteiger partial charge in [0.05, 0.1) is 17.2 Å². The molecule has 2 aliphatic rings. The molecule has 3 N–H and O–H groups in total.